The van der Waals surface area contributed by atoms with Crippen molar-refractivity contribution in [3.05, 3.63) is 40.8 Å². The molecule has 0 aliphatic carbocycles. The third kappa shape index (κ3) is 3.61. The van der Waals surface area contributed by atoms with Gasteiger partial charge in [0, 0.05) is 24.2 Å². The van der Waals surface area contributed by atoms with Gasteiger partial charge in [0.2, 0.25) is 5.95 Å². The highest BCUT2D eigenvalue weighted by Crippen LogP contribution is 2.39. The van der Waals surface area contributed by atoms with Gasteiger partial charge in [-0.25, -0.2) is 9.38 Å². The summed E-state index contributed by atoms with van der Waals surface area (Å²) >= 11 is 13.9. The van der Waals surface area contributed by atoms with Gasteiger partial charge in [-0.15, -0.1) is 10.2 Å². The number of aromatic nitrogens is 4. The fourth-order valence-electron chi connectivity index (χ4n) is 3.22. The fourth-order valence-corrected chi connectivity index (χ4v) is 4.61. The van der Waals surface area contributed by atoms with Gasteiger partial charge < -0.3 is 10.6 Å². The van der Waals surface area contributed by atoms with Crippen molar-refractivity contribution < 1.29 is 0 Å². The molecule has 4 rings (SSSR count). The molecule has 1 aliphatic heterocycles. The summed E-state index contributed by atoms with van der Waals surface area (Å²) in [5.41, 5.74) is 6.90. The normalized spacial score (nSPS) is 16.8. The Hall–Kier alpha value is -1.54. The molecule has 0 bridgehead atoms. The van der Waals surface area contributed by atoms with Gasteiger partial charge >= 0.3 is 0 Å². The molecule has 1 saturated heterocycles. The highest BCUT2D eigenvalue weighted by atomic mass is 35.5. The van der Waals surface area contributed by atoms with Crippen LogP contribution >= 0.6 is 35.0 Å². The van der Waals surface area contributed by atoms with Gasteiger partial charge in [-0.3, -0.25) is 0 Å². The SMILES string of the molecule is CC1(CN)CCN(c2ncc(Sc3cccc(Cl)c3Cl)c3nncn23)CC1. The van der Waals surface area contributed by atoms with E-state index in [1.165, 1.54) is 11.8 Å². The van der Waals surface area contributed by atoms with Gasteiger partial charge in [-0.2, -0.15) is 0 Å². The molecule has 0 amide bonds. The average molecular weight is 423 g/mol. The van der Waals surface area contributed by atoms with E-state index in [-0.39, 0.29) is 5.41 Å². The van der Waals surface area contributed by atoms with Gasteiger partial charge in [-0.05, 0) is 36.9 Å². The molecule has 0 unspecified atom stereocenters. The van der Waals surface area contributed by atoms with Gasteiger partial charge in [0.1, 0.15) is 6.33 Å². The molecule has 3 heterocycles. The molecule has 0 atom stereocenters. The van der Waals surface area contributed by atoms with E-state index >= 15 is 0 Å². The second-order valence-corrected chi connectivity index (χ2v) is 8.97. The van der Waals surface area contributed by atoms with Gasteiger partial charge in [0.25, 0.3) is 0 Å². The van der Waals surface area contributed by atoms with E-state index in [2.05, 4.69) is 22.0 Å². The van der Waals surface area contributed by atoms with E-state index in [1.807, 2.05) is 22.7 Å². The Balaban J connectivity index is 1.64. The van der Waals surface area contributed by atoms with Crippen LogP contribution in [-0.2, 0) is 0 Å². The Morgan fingerprint density at radius 1 is 1.22 bits per heavy atom. The second-order valence-electron chi connectivity index (χ2n) is 7.10. The van der Waals surface area contributed by atoms with Crippen LogP contribution in [0.1, 0.15) is 19.8 Å². The van der Waals surface area contributed by atoms with Crippen molar-refractivity contribution in [2.45, 2.75) is 29.6 Å². The third-order valence-electron chi connectivity index (χ3n) is 5.16. The number of nitrogens with zero attached hydrogens (tertiary/aromatic N) is 5. The minimum absolute atomic E-state index is 0.210. The smallest absolute Gasteiger partial charge is 0.212 e. The molecule has 0 spiro atoms. The number of piperidine rings is 1. The summed E-state index contributed by atoms with van der Waals surface area (Å²) in [6.45, 7) is 4.80. The lowest BCUT2D eigenvalue weighted by atomic mass is 9.81. The van der Waals surface area contributed by atoms with Crippen LogP contribution in [0, 0.1) is 5.41 Å². The molecule has 6 nitrogen and oxygen atoms in total. The third-order valence-corrected chi connectivity index (χ3v) is 7.16. The minimum Gasteiger partial charge on any atom is -0.342 e. The molecular formula is C18H20Cl2N6S. The first kappa shape index (κ1) is 18.8. The lowest BCUT2D eigenvalue weighted by Gasteiger charge is -2.39. The maximum absolute atomic E-state index is 6.33. The predicted molar refractivity (Wildman–Crippen MR) is 110 cm³/mol. The number of hydrogen-bond donors (Lipinski definition) is 1. The molecule has 9 heteroatoms. The Morgan fingerprint density at radius 3 is 2.74 bits per heavy atom. The van der Waals surface area contributed by atoms with E-state index in [0.29, 0.717) is 16.6 Å². The van der Waals surface area contributed by atoms with E-state index in [9.17, 15) is 0 Å². The molecule has 1 fully saturated rings. The van der Waals surface area contributed by atoms with E-state index in [0.717, 1.165) is 47.3 Å². The molecule has 142 valence electrons. The molecule has 0 saturated carbocycles. The van der Waals surface area contributed by atoms with Crippen LogP contribution in [0.15, 0.2) is 40.5 Å². The summed E-state index contributed by atoms with van der Waals surface area (Å²) in [6, 6.07) is 5.58. The molecule has 0 radical (unpaired) electrons. The topological polar surface area (TPSA) is 72.3 Å². The summed E-state index contributed by atoms with van der Waals surface area (Å²) in [7, 11) is 0. The van der Waals surface area contributed by atoms with Crippen molar-refractivity contribution in [3.63, 3.8) is 0 Å². The first-order valence-electron chi connectivity index (χ1n) is 8.76. The standard InChI is InChI=1S/C18H20Cl2N6S/c1-18(10-21)5-7-25(8-6-18)17-22-9-14(16-24-23-11-26(16)17)27-13-4-2-3-12(19)15(13)20/h2-4,9,11H,5-8,10,21H2,1H3. The van der Waals surface area contributed by atoms with Gasteiger partial charge in [0.05, 0.1) is 14.9 Å². The van der Waals surface area contributed by atoms with Crippen LogP contribution in [0.5, 0.6) is 0 Å². The largest absolute Gasteiger partial charge is 0.342 e. The van der Waals surface area contributed by atoms with E-state index < -0.39 is 0 Å². The van der Waals surface area contributed by atoms with Crippen molar-refractivity contribution in [2.24, 2.45) is 11.1 Å². The van der Waals surface area contributed by atoms with Crippen LogP contribution in [0.25, 0.3) is 5.65 Å². The molecule has 2 aromatic heterocycles. The predicted octanol–water partition coefficient (Wildman–Crippen LogP) is 4.15. The van der Waals surface area contributed by atoms with Crippen molar-refractivity contribution >= 4 is 46.6 Å². The first-order chi connectivity index (χ1) is 13.0. The van der Waals surface area contributed by atoms with Crippen molar-refractivity contribution in [2.75, 3.05) is 24.5 Å². The summed E-state index contributed by atoms with van der Waals surface area (Å²) in [5, 5.41) is 9.45. The summed E-state index contributed by atoms with van der Waals surface area (Å²) in [6.07, 6.45) is 5.63. The van der Waals surface area contributed by atoms with Crippen LogP contribution in [0.2, 0.25) is 10.0 Å². The van der Waals surface area contributed by atoms with Crippen molar-refractivity contribution in [1.82, 2.24) is 19.6 Å². The number of halogens is 2. The molecule has 1 aliphatic rings. The fraction of sp³-hybridized carbons (Fsp3) is 0.389. The molecule has 27 heavy (non-hydrogen) atoms. The highest BCUT2D eigenvalue weighted by molar-refractivity contribution is 7.99. The van der Waals surface area contributed by atoms with Gasteiger partial charge in [-0.1, -0.05) is 48.0 Å². The van der Waals surface area contributed by atoms with Gasteiger partial charge in [0.15, 0.2) is 5.65 Å². The number of hydrogen-bond acceptors (Lipinski definition) is 6. The lowest BCUT2D eigenvalue weighted by Crippen LogP contribution is -2.43. The number of rotatable bonds is 4. The van der Waals surface area contributed by atoms with E-state index in [1.54, 1.807) is 12.4 Å². The average Bonchev–Trinajstić information content (AvgIpc) is 3.17. The Bertz CT molecular complexity index is 968. The maximum Gasteiger partial charge on any atom is 0.212 e. The lowest BCUT2D eigenvalue weighted by molar-refractivity contribution is 0.257. The zero-order chi connectivity index (χ0) is 19.0. The Morgan fingerprint density at radius 2 is 2.00 bits per heavy atom. The second kappa shape index (κ2) is 7.47. The van der Waals surface area contributed by atoms with E-state index in [4.69, 9.17) is 33.9 Å². The Kier molecular flexibility index (Phi) is 5.20. The number of anilines is 1. The zero-order valence-corrected chi connectivity index (χ0v) is 17.2. The Labute approximate surface area is 172 Å². The van der Waals surface area contributed by atoms with Crippen molar-refractivity contribution in [3.8, 4) is 0 Å². The molecule has 2 N–H and O–H groups in total. The molecule has 3 aromatic rings. The molecule has 1 aromatic carbocycles. The first-order valence-corrected chi connectivity index (χ1v) is 10.3. The highest BCUT2D eigenvalue weighted by Gasteiger charge is 2.30. The summed E-state index contributed by atoms with van der Waals surface area (Å²) < 4.78 is 1.94. The number of nitrogens with two attached hydrogens (primary N) is 1. The molecular weight excluding hydrogens is 403 g/mol. The van der Waals surface area contributed by atoms with Crippen molar-refractivity contribution in [1.29, 1.82) is 0 Å². The quantitative estimate of drug-likeness (QED) is 0.680. The number of fused-ring (bicyclic) bond motifs is 1. The zero-order valence-electron chi connectivity index (χ0n) is 14.9. The maximum atomic E-state index is 6.33. The monoisotopic (exact) mass is 422 g/mol. The van der Waals surface area contributed by atoms with Crippen LogP contribution in [0.4, 0.5) is 5.95 Å². The number of benzene rings is 1. The summed E-state index contributed by atoms with van der Waals surface area (Å²) in [5.74, 6) is 0.857. The summed E-state index contributed by atoms with van der Waals surface area (Å²) in [4.78, 5) is 8.72. The van der Waals surface area contributed by atoms with Crippen LogP contribution < -0.4 is 10.6 Å². The minimum atomic E-state index is 0.210. The van der Waals surface area contributed by atoms with Crippen LogP contribution in [-0.4, -0.2) is 39.2 Å². The van der Waals surface area contributed by atoms with Crippen LogP contribution in [0.3, 0.4) is 0 Å².